The van der Waals surface area contributed by atoms with Gasteiger partial charge in [0.1, 0.15) is 0 Å². The van der Waals surface area contributed by atoms with Crippen LogP contribution < -0.4 is 4.90 Å². The Labute approximate surface area is 99.4 Å². The predicted octanol–water partition coefficient (Wildman–Crippen LogP) is 1.31. The molecule has 2 heterocycles. The molecule has 0 atom stereocenters. The van der Waals surface area contributed by atoms with Crippen LogP contribution in [-0.4, -0.2) is 41.5 Å². The molecule has 3 rings (SSSR count). The highest BCUT2D eigenvalue weighted by molar-refractivity contribution is 5.55. The summed E-state index contributed by atoms with van der Waals surface area (Å²) in [5, 5.41) is 7.23. The van der Waals surface area contributed by atoms with Gasteiger partial charge in [-0.1, -0.05) is 30.3 Å². The molecule has 1 saturated heterocycles. The highest BCUT2D eigenvalue weighted by Gasteiger charge is 2.15. The van der Waals surface area contributed by atoms with E-state index in [0.29, 0.717) is 0 Å². The summed E-state index contributed by atoms with van der Waals surface area (Å²) < 4.78 is 5.31. The van der Waals surface area contributed by atoms with E-state index in [1.807, 2.05) is 30.3 Å². The second-order valence-electron chi connectivity index (χ2n) is 3.95. The summed E-state index contributed by atoms with van der Waals surface area (Å²) in [6.07, 6.45) is 0. The zero-order valence-corrected chi connectivity index (χ0v) is 9.47. The summed E-state index contributed by atoms with van der Waals surface area (Å²) in [6.45, 7) is 3.20. The van der Waals surface area contributed by atoms with Crippen LogP contribution in [0.15, 0.2) is 30.3 Å². The molecule has 1 N–H and O–H groups in total. The predicted molar refractivity (Wildman–Crippen MR) is 64.9 cm³/mol. The Morgan fingerprint density at radius 2 is 1.88 bits per heavy atom. The first kappa shape index (κ1) is 10.3. The topological polar surface area (TPSA) is 54.0 Å². The number of benzene rings is 1. The van der Waals surface area contributed by atoms with Crippen molar-refractivity contribution in [1.82, 2.24) is 15.2 Å². The normalized spacial score (nSPS) is 16.1. The van der Waals surface area contributed by atoms with Gasteiger partial charge in [0.15, 0.2) is 5.82 Å². The van der Waals surface area contributed by atoms with Gasteiger partial charge >= 0.3 is 0 Å². The Morgan fingerprint density at radius 3 is 2.65 bits per heavy atom. The molecule has 0 amide bonds. The summed E-state index contributed by atoms with van der Waals surface area (Å²) in [7, 11) is 0. The standard InChI is InChI=1S/C12H14N4O/c1-2-4-10(5-3-1)11-13-12(15-14-11)16-6-8-17-9-7-16/h1-5H,6-9H2,(H,13,14,15). The number of nitrogens with one attached hydrogen (secondary N) is 1. The third-order valence-corrected chi connectivity index (χ3v) is 2.81. The van der Waals surface area contributed by atoms with Gasteiger partial charge in [-0.25, -0.2) is 0 Å². The van der Waals surface area contributed by atoms with Gasteiger partial charge in [-0.15, -0.1) is 5.10 Å². The Morgan fingerprint density at radius 1 is 1.12 bits per heavy atom. The molecule has 1 fully saturated rings. The lowest BCUT2D eigenvalue weighted by Gasteiger charge is -2.25. The molecule has 0 saturated carbocycles. The number of ether oxygens (including phenoxy) is 1. The number of aromatic amines is 1. The van der Waals surface area contributed by atoms with Gasteiger partial charge in [0.2, 0.25) is 5.95 Å². The number of hydrogen-bond donors (Lipinski definition) is 1. The second-order valence-corrected chi connectivity index (χ2v) is 3.95. The summed E-state index contributed by atoms with van der Waals surface area (Å²) in [4.78, 5) is 6.64. The van der Waals surface area contributed by atoms with Gasteiger partial charge < -0.3 is 9.64 Å². The van der Waals surface area contributed by atoms with E-state index in [2.05, 4.69) is 20.1 Å². The monoisotopic (exact) mass is 230 g/mol. The summed E-state index contributed by atoms with van der Waals surface area (Å²) in [6, 6.07) is 10.0. The van der Waals surface area contributed by atoms with Crippen molar-refractivity contribution in [1.29, 1.82) is 0 Å². The molecular formula is C12H14N4O. The first-order chi connectivity index (χ1) is 8.43. The third-order valence-electron chi connectivity index (χ3n) is 2.81. The van der Waals surface area contributed by atoms with Crippen LogP contribution in [0.25, 0.3) is 11.4 Å². The van der Waals surface area contributed by atoms with Crippen molar-refractivity contribution in [3.63, 3.8) is 0 Å². The Balaban J connectivity index is 1.83. The third kappa shape index (κ3) is 2.14. The lowest BCUT2D eigenvalue weighted by atomic mass is 10.2. The number of anilines is 1. The van der Waals surface area contributed by atoms with Gasteiger partial charge in [0.05, 0.1) is 13.2 Å². The Hall–Kier alpha value is -1.88. The first-order valence-electron chi connectivity index (χ1n) is 5.74. The van der Waals surface area contributed by atoms with E-state index in [4.69, 9.17) is 4.74 Å². The minimum absolute atomic E-state index is 0.745. The fourth-order valence-corrected chi connectivity index (χ4v) is 1.88. The van der Waals surface area contributed by atoms with E-state index in [9.17, 15) is 0 Å². The van der Waals surface area contributed by atoms with Gasteiger partial charge in [-0.2, -0.15) is 4.98 Å². The van der Waals surface area contributed by atoms with Gasteiger partial charge in [0.25, 0.3) is 0 Å². The van der Waals surface area contributed by atoms with Crippen molar-refractivity contribution < 1.29 is 4.74 Å². The second kappa shape index (κ2) is 4.55. The fraction of sp³-hybridized carbons (Fsp3) is 0.333. The lowest BCUT2D eigenvalue weighted by Crippen LogP contribution is -2.36. The number of rotatable bonds is 2. The van der Waals surface area contributed by atoms with Crippen molar-refractivity contribution in [2.45, 2.75) is 0 Å². The van der Waals surface area contributed by atoms with Crippen LogP contribution in [0.4, 0.5) is 5.95 Å². The molecule has 0 radical (unpaired) electrons. The molecule has 1 aliphatic heterocycles. The van der Waals surface area contributed by atoms with E-state index >= 15 is 0 Å². The molecule has 17 heavy (non-hydrogen) atoms. The molecule has 5 nitrogen and oxygen atoms in total. The number of morpholine rings is 1. The number of H-pyrrole nitrogens is 1. The summed E-state index contributed by atoms with van der Waals surface area (Å²) in [5.74, 6) is 1.57. The molecule has 2 aromatic rings. The molecule has 0 bridgehead atoms. The minimum Gasteiger partial charge on any atom is -0.378 e. The van der Waals surface area contributed by atoms with Crippen molar-refractivity contribution in [3.05, 3.63) is 30.3 Å². The van der Waals surface area contributed by atoms with Crippen LogP contribution in [0, 0.1) is 0 Å². The molecule has 0 aliphatic carbocycles. The maximum atomic E-state index is 5.31. The molecule has 1 aromatic heterocycles. The molecule has 0 unspecified atom stereocenters. The zero-order chi connectivity index (χ0) is 11.5. The highest BCUT2D eigenvalue weighted by atomic mass is 16.5. The van der Waals surface area contributed by atoms with Crippen molar-refractivity contribution in [2.24, 2.45) is 0 Å². The maximum Gasteiger partial charge on any atom is 0.245 e. The number of hydrogen-bond acceptors (Lipinski definition) is 4. The van der Waals surface area contributed by atoms with Crippen LogP contribution in [0.2, 0.25) is 0 Å². The quantitative estimate of drug-likeness (QED) is 0.845. The van der Waals surface area contributed by atoms with Crippen molar-refractivity contribution in [3.8, 4) is 11.4 Å². The Bertz CT molecular complexity index is 476. The van der Waals surface area contributed by atoms with Gasteiger partial charge in [-0.3, -0.25) is 5.10 Å². The molecule has 5 heteroatoms. The molecular weight excluding hydrogens is 216 g/mol. The SMILES string of the molecule is c1ccc(-c2nc(N3CCOCC3)n[nH]2)cc1. The van der Waals surface area contributed by atoms with Crippen LogP contribution >= 0.6 is 0 Å². The van der Waals surface area contributed by atoms with Crippen LogP contribution in [0.1, 0.15) is 0 Å². The minimum atomic E-state index is 0.745. The maximum absolute atomic E-state index is 5.31. The van der Waals surface area contributed by atoms with Crippen LogP contribution in [-0.2, 0) is 4.74 Å². The molecule has 1 aliphatic rings. The van der Waals surface area contributed by atoms with Gasteiger partial charge in [0, 0.05) is 18.7 Å². The largest absolute Gasteiger partial charge is 0.378 e. The average molecular weight is 230 g/mol. The van der Waals surface area contributed by atoms with E-state index in [1.165, 1.54) is 0 Å². The van der Waals surface area contributed by atoms with E-state index in [-0.39, 0.29) is 0 Å². The average Bonchev–Trinajstić information content (AvgIpc) is 2.90. The number of aromatic nitrogens is 3. The fourth-order valence-electron chi connectivity index (χ4n) is 1.88. The van der Waals surface area contributed by atoms with Gasteiger partial charge in [-0.05, 0) is 0 Å². The van der Waals surface area contributed by atoms with Crippen molar-refractivity contribution in [2.75, 3.05) is 31.2 Å². The summed E-state index contributed by atoms with van der Waals surface area (Å²) >= 11 is 0. The first-order valence-corrected chi connectivity index (χ1v) is 5.74. The summed E-state index contributed by atoms with van der Waals surface area (Å²) in [5.41, 5.74) is 1.06. The van der Waals surface area contributed by atoms with E-state index < -0.39 is 0 Å². The van der Waals surface area contributed by atoms with Crippen molar-refractivity contribution >= 4 is 5.95 Å². The Kier molecular flexibility index (Phi) is 2.75. The number of nitrogens with zero attached hydrogens (tertiary/aromatic N) is 3. The van der Waals surface area contributed by atoms with Crippen LogP contribution in [0.5, 0.6) is 0 Å². The lowest BCUT2D eigenvalue weighted by molar-refractivity contribution is 0.122. The smallest absolute Gasteiger partial charge is 0.245 e. The molecule has 0 spiro atoms. The van der Waals surface area contributed by atoms with E-state index in [1.54, 1.807) is 0 Å². The zero-order valence-electron chi connectivity index (χ0n) is 9.47. The molecule has 88 valence electrons. The highest BCUT2D eigenvalue weighted by Crippen LogP contribution is 2.17. The van der Waals surface area contributed by atoms with E-state index in [0.717, 1.165) is 43.6 Å². The molecule has 1 aromatic carbocycles. The van der Waals surface area contributed by atoms with Crippen LogP contribution in [0.3, 0.4) is 0 Å².